The third kappa shape index (κ3) is 2.38. The van der Waals surface area contributed by atoms with E-state index in [0.717, 1.165) is 16.3 Å². The number of ether oxygens (including phenoxy) is 1. The molecule has 0 aliphatic heterocycles. The van der Waals surface area contributed by atoms with Gasteiger partial charge in [-0.1, -0.05) is 30.3 Å². The Morgan fingerprint density at radius 1 is 1.24 bits per heavy atom. The van der Waals surface area contributed by atoms with Gasteiger partial charge in [-0.25, -0.2) is 0 Å². The molecular weight excluding hydrogens is 216 g/mol. The summed E-state index contributed by atoms with van der Waals surface area (Å²) in [6.07, 6.45) is -0.0172. The Hall–Kier alpha value is -2.03. The molecule has 0 saturated heterocycles. The first-order chi connectivity index (χ1) is 8.22. The fourth-order valence-corrected chi connectivity index (χ4v) is 1.94. The van der Waals surface area contributed by atoms with Crippen molar-refractivity contribution in [3.63, 3.8) is 0 Å². The molecule has 0 amide bonds. The third-order valence-electron chi connectivity index (χ3n) is 2.63. The lowest BCUT2D eigenvalue weighted by molar-refractivity contribution is -0.136. The van der Waals surface area contributed by atoms with Crippen molar-refractivity contribution in [1.82, 2.24) is 0 Å². The molecule has 1 N–H and O–H groups in total. The summed E-state index contributed by atoms with van der Waals surface area (Å²) in [7, 11) is 0. The molecule has 0 heterocycles. The maximum Gasteiger partial charge on any atom is 0.307 e. The number of carbonyl (C=O) groups is 1. The second-order valence-electron chi connectivity index (χ2n) is 3.77. The lowest BCUT2D eigenvalue weighted by Crippen LogP contribution is -2.04. The summed E-state index contributed by atoms with van der Waals surface area (Å²) in [5.41, 5.74) is 0.748. The Kier molecular flexibility index (Phi) is 3.28. The number of carboxylic acid groups (broad SMARTS) is 1. The molecule has 17 heavy (non-hydrogen) atoms. The zero-order chi connectivity index (χ0) is 12.3. The lowest BCUT2D eigenvalue weighted by Gasteiger charge is -2.11. The molecule has 3 heteroatoms. The Morgan fingerprint density at radius 2 is 2.00 bits per heavy atom. The third-order valence-corrected chi connectivity index (χ3v) is 2.63. The maximum absolute atomic E-state index is 10.9. The van der Waals surface area contributed by atoms with Gasteiger partial charge in [0.2, 0.25) is 0 Å². The quantitative estimate of drug-likeness (QED) is 0.878. The summed E-state index contributed by atoms with van der Waals surface area (Å²) in [5, 5.41) is 10.9. The molecule has 0 saturated carbocycles. The van der Waals surface area contributed by atoms with Crippen LogP contribution in [0.15, 0.2) is 36.4 Å². The molecule has 0 fully saturated rings. The van der Waals surface area contributed by atoms with Crippen LogP contribution in [0, 0.1) is 0 Å². The number of aliphatic carboxylic acids is 1. The van der Waals surface area contributed by atoms with Gasteiger partial charge in [-0.05, 0) is 23.8 Å². The summed E-state index contributed by atoms with van der Waals surface area (Å²) in [4.78, 5) is 10.9. The molecular formula is C14H14O3. The van der Waals surface area contributed by atoms with Gasteiger partial charge in [-0.15, -0.1) is 0 Å². The van der Waals surface area contributed by atoms with E-state index in [2.05, 4.69) is 0 Å². The molecule has 2 aromatic carbocycles. The molecule has 0 aromatic heterocycles. The monoisotopic (exact) mass is 230 g/mol. The number of rotatable bonds is 4. The predicted molar refractivity (Wildman–Crippen MR) is 66.5 cm³/mol. The van der Waals surface area contributed by atoms with Gasteiger partial charge in [0.25, 0.3) is 0 Å². The Bertz CT molecular complexity index is 546. The SMILES string of the molecule is CCOc1ccc2ccccc2c1CC(=O)O. The van der Waals surface area contributed by atoms with Gasteiger partial charge < -0.3 is 9.84 Å². The molecule has 3 nitrogen and oxygen atoms in total. The van der Waals surface area contributed by atoms with E-state index in [9.17, 15) is 4.79 Å². The van der Waals surface area contributed by atoms with E-state index in [4.69, 9.17) is 9.84 Å². The van der Waals surface area contributed by atoms with Crippen molar-refractivity contribution in [2.75, 3.05) is 6.61 Å². The van der Waals surface area contributed by atoms with Crippen molar-refractivity contribution in [1.29, 1.82) is 0 Å². The standard InChI is InChI=1S/C14H14O3/c1-2-17-13-8-7-10-5-3-4-6-11(10)12(13)9-14(15)16/h3-8H,2,9H2,1H3,(H,15,16). The van der Waals surface area contributed by atoms with E-state index in [-0.39, 0.29) is 6.42 Å². The smallest absolute Gasteiger partial charge is 0.307 e. The van der Waals surface area contributed by atoms with Crippen LogP contribution in [-0.4, -0.2) is 17.7 Å². The summed E-state index contributed by atoms with van der Waals surface area (Å²) in [6.45, 7) is 2.42. The van der Waals surface area contributed by atoms with Crippen molar-refractivity contribution >= 4 is 16.7 Å². The highest BCUT2D eigenvalue weighted by Gasteiger charge is 2.11. The van der Waals surface area contributed by atoms with E-state index in [1.165, 1.54) is 0 Å². The first-order valence-corrected chi connectivity index (χ1v) is 5.57. The highest BCUT2D eigenvalue weighted by Crippen LogP contribution is 2.28. The molecule has 2 rings (SSSR count). The minimum Gasteiger partial charge on any atom is -0.494 e. The molecule has 0 bridgehead atoms. The van der Waals surface area contributed by atoms with E-state index in [1.807, 2.05) is 43.3 Å². The van der Waals surface area contributed by atoms with Gasteiger partial charge in [-0.3, -0.25) is 4.79 Å². The van der Waals surface area contributed by atoms with Gasteiger partial charge >= 0.3 is 5.97 Å². The van der Waals surface area contributed by atoms with E-state index in [0.29, 0.717) is 12.4 Å². The van der Waals surface area contributed by atoms with Crippen molar-refractivity contribution in [2.45, 2.75) is 13.3 Å². The molecule has 88 valence electrons. The van der Waals surface area contributed by atoms with Crippen LogP contribution in [0.4, 0.5) is 0 Å². The fourth-order valence-electron chi connectivity index (χ4n) is 1.94. The predicted octanol–water partition coefficient (Wildman–Crippen LogP) is 2.87. The van der Waals surface area contributed by atoms with Crippen molar-refractivity contribution in [2.24, 2.45) is 0 Å². The van der Waals surface area contributed by atoms with Crippen LogP contribution >= 0.6 is 0 Å². The number of hydrogen-bond acceptors (Lipinski definition) is 2. The summed E-state index contributed by atoms with van der Waals surface area (Å²) >= 11 is 0. The molecule has 0 spiro atoms. The second-order valence-corrected chi connectivity index (χ2v) is 3.77. The number of hydrogen-bond donors (Lipinski definition) is 1. The molecule has 0 aliphatic rings. The zero-order valence-corrected chi connectivity index (χ0v) is 9.64. The lowest BCUT2D eigenvalue weighted by atomic mass is 10.0. The minimum absolute atomic E-state index is 0.0172. The fraction of sp³-hybridized carbons (Fsp3) is 0.214. The molecule has 0 unspecified atom stereocenters. The van der Waals surface area contributed by atoms with Crippen molar-refractivity contribution in [3.8, 4) is 5.75 Å². The van der Waals surface area contributed by atoms with Crippen LogP contribution in [0.1, 0.15) is 12.5 Å². The van der Waals surface area contributed by atoms with Gasteiger partial charge in [0, 0.05) is 5.56 Å². The normalized spacial score (nSPS) is 10.4. The Labute approximate surface area is 99.6 Å². The average Bonchev–Trinajstić information content (AvgIpc) is 2.32. The largest absolute Gasteiger partial charge is 0.494 e. The summed E-state index contributed by atoms with van der Waals surface area (Å²) in [6, 6.07) is 11.5. The highest BCUT2D eigenvalue weighted by atomic mass is 16.5. The molecule has 0 atom stereocenters. The second kappa shape index (κ2) is 4.87. The molecule has 0 radical (unpaired) electrons. The van der Waals surface area contributed by atoms with Crippen LogP contribution in [0.3, 0.4) is 0 Å². The number of benzene rings is 2. The maximum atomic E-state index is 10.9. The van der Waals surface area contributed by atoms with Crippen LogP contribution in [0.5, 0.6) is 5.75 Å². The van der Waals surface area contributed by atoms with Gasteiger partial charge in [0.15, 0.2) is 0 Å². The van der Waals surface area contributed by atoms with Crippen LogP contribution in [0.25, 0.3) is 10.8 Å². The minimum atomic E-state index is -0.845. The van der Waals surface area contributed by atoms with Crippen molar-refractivity contribution < 1.29 is 14.6 Å². The van der Waals surface area contributed by atoms with E-state index >= 15 is 0 Å². The highest BCUT2D eigenvalue weighted by molar-refractivity contribution is 5.90. The van der Waals surface area contributed by atoms with E-state index in [1.54, 1.807) is 0 Å². The first-order valence-electron chi connectivity index (χ1n) is 5.57. The Balaban J connectivity index is 2.61. The summed E-state index contributed by atoms with van der Waals surface area (Å²) < 4.78 is 5.48. The first kappa shape index (κ1) is 11.5. The van der Waals surface area contributed by atoms with Gasteiger partial charge in [0.1, 0.15) is 5.75 Å². The van der Waals surface area contributed by atoms with Crippen LogP contribution in [0.2, 0.25) is 0 Å². The van der Waals surface area contributed by atoms with Gasteiger partial charge in [-0.2, -0.15) is 0 Å². The number of carboxylic acids is 1. The van der Waals surface area contributed by atoms with E-state index < -0.39 is 5.97 Å². The summed E-state index contributed by atoms with van der Waals surface area (Å²) in [5.74, 6) is -0.184. The van der Waals surface area contributed by atoms with Gasteiger partial charge in [0.05, 0.1) is 13.0 Å². The topological polar surface area (TPSA) is 46.5 Å². The molecule has 0 aliphatic carbocycles. The average molecular weight is 230 g/mol. The zero-order valence-electron chi connectivity index (χ0n) is 9.64. The van der Waals surface area contributed by atoms with Crippen LogP contribution < -0.4 is 4.74 Å². The molecule has 2 aromatic rings. The Morgan fingerprint density at radius 3 is 2.71 bits per heavy atom. The van der Waals surface area contributed by atoms with Crippen LogP contribution in [-0.2, 0) is 11.2 Å². The number of fused-ring (bicyclic) bond motifs is 1. The van der Waals surface area contributed by atoms with Crippen molar-refractivity contribution in [3.05, 3.63) is 42.0 Å².